The molecule has 2 aromatic heterocycles. The van der Waals surface area contributed by atoms with Gasteiger partial charge in [-0.15, -0.1) is 0 Å². The van der Waals surface area contributed by atoms with Crippen molar-refractivity contribution >= 4 is 5.91 Å². The molecule has 0 bridgehead atoms. The van der Waals surface area contributed by atoms with Crippen molar-refractivity contribution < 1.29 is 9.53 Å². The molecule has 2 saturated heterocycles. The highest BCUT2D eigenvalue weighted by Gasteiger charge is 2.39. The SMILES string of the molecule is Cn1cc(CN2CCO[C@H]3CN(C(=O)c4ncccn4)C[C@H]3C2)cn1. The lowest BCUT2D eigenvalue weighted by molar-refractivity contribution is 0.0480. The summed E-state index contributed by atoms with van der Waals surface area (Å²) < 4.78 is 7.84. The van der Waals surface area contributed by atoms with Crippen LogP contribution in [0.5, 0.6) is 0 Å². The van der Waals surface area contributed by atoms with E-state index >= 15 is 0 Å². The lowest BCUT2D eigenvalue weighted by Gasteiger charge is -2.22. The largest absolute Gasteiger partial charge is 0.375 e. The molecule has 2 atom stereocenters. The first-order valence-electron chi connectivity index (χ1n) is 8.57. The molecule has 4 heterocycles. The number of nitrogens with zero attached hydrogens (tertiary/aromatic N) is 6. The second-order valence-corrected chi connectivity index (χ2v) is 6.71. The van der Waals surface area contributed by atoms with Crippen LogP contribution in [-0.4, -0.2) is 74.3 Å². The highest BCUT2D eigenvalue weighted by molar-refractivity contribution is 5.90. The zero-order chi connectivity index (χ0) is 17.2. The molecule has 2 aliphatic rings. The van der Waals surface area contributed by atoms with E-state index in [2.05, 4.69) is 20.0 Å². The Morgan fingerprint density at radius 1 is 1.28 bits per heavy atom. The van der Waals surface area contributed by atoms with Crippen LogP contribution in [0, 0.1) is 5.92 Å². The maximum absolute atomic E-state index is 12.6. The average molecular weight is 342 g/mol. The Morgan fingerprint density at radius 3 is 2.88 bits per heavy atom. The van der Waals surface area contributed by atoms with E-state index in [0.717, 1.165) is 19.6 Å². The molecule has 0 radical (unpaired) electrons. The molecule has 0 N–H and O–H groups in total. The molecule has 4 rings (SSSR count). The number of carbonyl (C=O) groups is 1. The standard InChI is InChI=1S/C17H22N6O2/c1-21-8-13(7-20-21)9-22-5-6-25-15-12-23(11-14(15)10-22)17(24)16-18-3-2-4-19-16/h2-4,7-8,14-15H,5-6,9-12H2,1H3/t14-,15+/m1/s1. The fourth-order valence-corrected chi connectivity index (χ4v) is 3.63. The zero-order valence-electron chi connectivity index (χ0n) is 14.3. The molecular weight excluding hydrogens is 320 g/mol. The quantitative estimate of drug-likeness (QED) is 0.792. The third-order valence-corrected chi connectivity index (χ3v) is 4.82. The molecule has 0 aromatic carbocycles. The summed E-state index contributed by atoms with van der Waals surface area (Å²) in [7, 11) is 1.93. The van der Waals surface area contributed by atoms with Gasteiger partial charge in [-0.25, -0.2) is 9.97 Å². The van der Waals surface area contributed by atoms with E-state index in [4.69, 9.17) is 4.74 Å². The first kappa shape index (κ1) is 16.2. The van der Waals surface area contributed by atoms with Crippen molar-refractivity contribution in [1.82, 2.24) is 29.5 Å². The van der Waals surface area contributed by atoms with Crippen molar-refractivity contribution in [3.05, 3.63) is 42.2 Å². The Balaban J connectivity index is 1.41. The van der Waals surface area contributed by atoms with Gasteiger partial charge in [0, 0.05) is 69.8 Å². The third-order valence-electron chi connectivity index (χ3n) is 4.82. The van der Waals surface area contributed by atoms with Gasteiger partial charge < -0.3 is 9.64 Å². The number of ether oxygens (including phenoxy) is 1. The van der Waals surface area contributed by atoms with Crippen LogP contribution >= 0.6 is 0 Å². The molecule has 0 aliphatic carbocycles. The van der Waals surface area contributed by atoms with Gasteiger partial charge in [-0.05, 0) is 6.07 Å². The van der Waals surface area contributed by atoms with Gasteiger partial charge in [0.15, 0.2) is 0 Å². The van der Waals surface area contributed by atoms with Crippen LogP contribution < -0.4 is 0 Å². The summed E-state index contributed by atoms with van der Waals surface area (Å²) in [6.07, 6.45) is 7.23. The lowest BCUT2D eigenvalue weighted by Crippen LogP contribution is -2.34. The first-order valence-corrected chi connectivity index (χ1v) is 8.57. The fourth-order valence-electron chi connectivity index (χ4n) is 3.63. The molecule has 25 heavy (non-hydrogen) atoms. The van der Waals surface area contributed by atoms with E-state index in [0.29, 0.717) is 25.6 Å². The van der Waals surface area contributed by atoms with E-state index in [1.165, 1.54) is 5.56 Å². The minimum Gasteiger partial charge on any atom is -0.375 e. The Kier molecular flexibility index (Phi) is 4.46. The molecule has 8 heteroatoms. The number of hydrogen-bond donors (Lipinski definition) is 0. The van der Waals surface area contributed by atoms with Gasteiger partial charge in [-0.3, -0.25) is 14.4 Å². The van der Waals surface area contributed by atoms with E-state index in [1.807, 2.05) is 29.0 Å². The molecule has 0 saturated carbocycles. The van der Waals surface area contributed by atoms with E-state index < -0.39 is 0 Å². The summed E-state index contributed by atoms with van der Waals surface area (Å²) in [5.41, 5.74) is 1.20. The summed E-state index contributed by atoms with van der Waals surface area (Å²) in [4.78, 5) is 24.9. The van der Waals surface area contributed by atoms with Gasteiger partial charge in [0.2, 0.25) is 5.82 Å². The summed E-state index contributed by atoms with van der Waals surface area (Å²) >= 11 is 0. The normalized spacial score (nSPS) is 24.1. The fraction of sp³-hybridized carbons (Fsp3) is 0.529. The van der Waals surface area contributed by atoms with Gasteiger partial charge in [-0.2, -0.15) is 5.10 Å². The van der Waals surface area contributed by atoms with Gasteiger partial charge >= 0.3 is 0 Å². The highest BCUT2D eigenvalue weighted by atomic mass is 16.5. The second kappa shape index (κ2) is 6.89. The summed E-state index contributed by atoms with van der Waals surface area (Å²) in [5.74, 6) is 0.453. The first-order chi connectivity index (χ1) is 12.2. The molecule has 2 aromatic rings. The Morgan fingerprint density at radius 2 is 2.12 bits per heavy atom. The van der Waals surface area contributed by atoms with Crippen LogP contribution in [0.2, 0.25) is 0 Å². The number of fused-ring (bicyclic) bond motifs is 1. The number of carbonyl (C=O) groups excluding carboxylic acids is 1. The summed E-state index contributed by atoms with van der Waals surface area (Å²) in [6, 6.07) is 1.71. The van der Waals surface area contributed by atoms with Crippen LogP contribution in [-0.2, 0) is 18.3 Å². The van der Waals surface area contributed by atoms with E-state index in [9.17, 15) is 4.79 Å². The molecular formula is C17H22N6O2. The van der Waals surface area contributed by atoms with Crippen molar-refractivity contribution in [3.63, 3.8) is 0 Å². The molecule has 8 nitrogen and oxygen atoms in total. The summed E-state index contributed by atoms with van der Waals surface area (Å²) in [5, 5.41) is 4.23. The van der Waals surface area contributed by atoms with Crippen molar-refractivity contribution in [3.8, 4) is 0 Å². The predicted octanol–water partition coefficient (Wildman–Crippen LogP) is 0.183. The Hall–Kier alpha value is -2.32. The van der Waals surface area contributed by atoms with Crippen molar-refractivity contribution in [2.24, 2.45) is 13.0 Å². The number of aryl methyl sites for hydroxylation is 1. The highest BCUT2D eigenvalue weighted by Crippen LogP contribution is 2.25. The third kappa shape index (κ3) is 3.54. The molecule has 132 valence electrons. The average Bonchev–Trinajstić information content (AvgIpc) is 3.16. The number of rotatable bonds is 3. The van der Waals surface area contributed by atoms with E-state index in [-0.39, 0.29) is 17.8 Å². The molecule has 2 aliphatic heterocycles. The number of amides is 1. The van der Waals surface area contributed by atoms with Gasteiger partial charge in [0.1, 0.15) is 0 Å². The smallest absolute Gasteiger partial charge is 0.291 e. The monoisotopic (exact) mass is 342 g/mol. The number of likely N-dealkylation sites (tertiary alicyclic amines) is 1. The van der Waals surface area contributed by atoms with Crippen LogP contribution in [0.3, 0.4) is 0 Å². The maximum Gasteiger partial charge on any atom is 0.291 e. The number of hydrogen-bond acceptors (Lipinski definition) is 6. The Labute approximate surface area is 146 Å². The van der Waals surface area contributed by atoms with Gasteiger partial charge in [-0.1, -0.05) is 0 Å². The van der Waals surface area contributed by atoms with Crippen LogP contribution in [0.4, 0.5) is 0 Å². The zero-order valence-corrected chi connectivity index (χ0v) is 14.3. The molecule has 0 spiro atoms. The molecule has 1 amide bonds. The molecule has 0 unspecified atom stereocenters. The van der Waals surface area contributed by atoms with Crippen molar-refractivity contribution in [1.29, 1.82) is 0 Å². The minimum absolute atomic E-state index is 0.0894. The lowest BCUT2D eigenvalue weighted by atomic mass is 10.1. The molecule has 2 fully saturated rings. The summed E-state index contributed by atoms with van der Waals surface area (Å²) in [6.45, 7) is 4.66. The topological polar surface area (TPSA) is 76.4 Å². The van der Waals surface area contributed by atoms with Crippen molar-refractivity contribution in [2.45, 2.75) is 12.6 Å². The number of aromatic nitrogens is 4. The van der Waals surface area contributed by atoms with Crippen LogP contribution in [0.25, 0.3) is 0 Å². The van der Waals surface area contributed by atoms with Gasteiger partial charge in [0.25, 0.3) is 5.91 Å². The van der Waals surface area contributed by atoms with Crippen LogP contribution in [0.15, 0.2) is 30.9 Å². The Bertz CT molecular complexity index is 734. The maximum atomic E-state index is 12.6. The predicted molar refractivity (Wildman–Crippen MR) is 89.7 cm³/mol. The van der Waals surface area contributed by atoms with Crippen molar-refractivity contribution in [2.75, 3.05) is 32.8 Å². The minimum atomic E-state index is -0.115. The second-order valence-electron chi connectivity index (χ2n) is 6.71. The van der Waals surface area contributed by atoms with Gasteiger partial charge in [0.05, 0.1) is 18.9 Å². The van der Waals surface area contributed by atoms with E-state index in [1.54, 1.807) is 18.5 Å². The van der Waals surface area contributed by atoms with Crippen LogP contribution in [0.1, 0.15) is 16.2 Å².